The minimum Gasteiger partial charge on any atom is -0.377 e. The molecule has 1 saturated heterocycles. The Kier molecular flexibility index (Phi) is 3.74. The van der Waals surface area contributed by atoms with Gasteiger partial charge in [0.05, 0.1) is 6.10 Å². The first-order chi connectivity index (χ1) is 5.99. The normalized spacial score (nSPS) is 26.3. The zero-order valence-electron chi connectivity index (χ0n) is 9.18. The second kappa shape index (κ2) is 4.43. The molecular weight excluding hydrogens is 162 g/mol. The van der Waals surface area contributed by atoms with Crippen molar-refractivity contribution < 1.29 is 4.74 Å². The van der Waals surface area contributed by atoms with Crippen LogP contribution in [0.5, 0.6) is 0 Å². The maximum atomic E-state index is 6.06. The van der Waals surface area contributed by atoms with E-state index >= 15 is 0 Å². The molecule has 1 heterocycles. The lowest BCUT2D eigenvalue weighted by Crippen LogP contribution is -2.34. The van der Waals surface area contributed by atoms with Crippen LogP contribution in [0, 0.1) is 5.41 Å². The van der Waals surface area contributed by atoms with E-state index in [0.717, 1.165) is 19.4 Å². The van der Waals surface area contributed by atoms with E-state index in [1.165, 1.54) is 12.8 Å². The number of nitrogens with two attached hydrogens (primary N) is 1. The maximum absolute atomic E-state index is 6.06. The van der Waals surface area contributed by atoms with Gasteiger partial charge in [0.1, 0.15) is 0 Å². The van der Waals surface area contributed by atoms with Crippen molar-refractivity contribution in [3.8, 4) is 0 Å². The fourth-order valence-electron chi connectivity index (χ4n) is 1.73. The van der Waals surface area contributed by atoms with E-state index in [0.29, 0.717) is 11.5 Å². The second-order valence-corrected chi connectivity index (χ2v) is 5.31. The molecule has 0 aliphatic carbocycles. The molecule has 2 unspecified atom stereocenters. The fourth-order valence-corrected chi connectivity index (χ4v) is 1.73. The van der Waals surface area contributed by atoms with Gasteiger partial charge >= 0.3 is 0 Å². The predicted octanol–water partition coefficient (Wildman–Crippen LogP) is 2.32. The Morgan fingerprint density at radius 3 is 2.62 bits per heavy atom. The molecule has 0 amide bonds. The SMILES string of the molecule is CC(C)(C)CCC(N)C1CCCO1. The first kappa shape index (κ1) is 11.0. The lowest BCUT2D eigenvalue weighted by Gasteiger charge is -2.23. The molecule has 1 rings (SSSR count). The maximum Gasteiger partial charge on any atom is 0.0726 e. The summed E-state index contributed by atoms with van der Waals surface area (Å²) in [6, 6.07) is 0.252. The van der Waals surface area contributed by atoms with Crippen LogP contribution < -0.4 is 5.73 Å². The van der Waals surface area contributed by atoms with Gasteiger partial charge in [-0.05, 0) is 31.1 Å². The van der Waals surface area contributed by atoms with Crippen molar-refractivity contribution in [2.24, 2.45) is 11.1 Å². The summed E-state index contributed by atoms with van der Waals surface area (Å²) >= 11 is 0. The Balaban J connectivity index is 2.20. The van der Waals surface area contributed by atoms with Crippen LogP contribution in [-0.2, 0) is 4.74 Å². The lowest BCUT2D eigenvalue weighted by molar-refractivity contribution is 0.0839. The topological polar surface area (TPSA) is 35.2 Å². The van der Waals surface area contributed by atoms with Crippen molar-refractivity contribution >= 4 is 0 Å². The van der Waals surface area contributed by atoms with Crippen LogP contribution in [0.15, 0.2) is 0 Å². The summed E-state index contributed by atoms with van der Waals surface area (Å²) in [5.41, 5.74) is 6.46. The number of rotatable bonds is 3. The van der Waals surface area contributed by atoms with E-state index in [2.05, 4.69) is 20.8 Å². The van der Waals surface area contributed by atoms with Gasteiger partial charge in [0.15, 0.2) is 0 Å². The van der Waals surface area contributed by atoms with Gasteiger partial charge in [-0.3, -0.25) is 0 Å². The molecule has 0 spiro atoms. The van der Waals surface area contributed by atoms with Crippen LogP contribution in [0.1, 0.15) is 46.5 Å². The summed E-state index contributed by atoms with van der Waals surface area (Å²) in [7, 11) is 0. The van der Waals surface area contributed by atoms with Crippen LogP contribution >= 0.6 is 0 Å². The molecular formula is C11H23NO. The van der Waals surface area contributed by atoms with Crippen molar-refractivity contribution in [1.29, 1.82) is 0 Å². The van der Waals surface area contributed by atoms with Crippen molar-refractivity contribution in [1.82, 2.24) is 0 Å². The molecule has 0 aromatic rings. The summed E-state index contributed by atoms with van der Waals surface area (Å²) in [4.78, 5) is 0. The first-order valence-corrected chi connectivity index (χ1v) is 5.36. The van der Waals surface area contributed by atoms with Gasteiger partial charge in [-0.25, -0.2) is 0 Å². The highest BCUT2D eigenvalue weighted by Crippen LogP contribution is 2.24. The molecule has 2 nitrogen and oxygen atoms in total. The Bertz CT molecular complexity index is 145. The monoisotopic (exact) mass is 185 g/mol. The molecule has 1 fully saturated rings. The summed E-state index contributed by atoms with van der Waals surface area (Å²) in [5, 5.41) is 0. The molecule has 78 valence electrons. The minimum absolute atomic E-state index is 0.252. The fraction of sp³-hybridized carbons (Fsp3) is 1.00. The molecule has 0 radical (unpaired) electrons. The summed E-state index contributed by atoms with van der Waals surface area (Å²) in [6.07, 6.45) is 4.96. The molecule has 2 N–H and O–H groups in total. The Labute approximate surface area is 81.8 Å². The molecule has 0 aromatic heterocycles. The van der Waals surface area contributed by atoms with Crippen molar-refractivity contribution in [2.75, 3.05) is 6.61 Å². The van der Waals surface area contributed by atoms with Crippen LogP contribution in [-0.4, -0.2) is 18.8 Å². The van der Waals surface area contributed by atoms with Crippen LogP contribution in [0.3, 0.4) is 0 Å². The summed E-state index contributed by atoms with van der Waals surface area (Å²) in [5.74, 6) is 0. The second-order valence-electron chi connectivity index (χ2n) is 5.31. The third-order valence-corrected chi connectivity index (χ3v) is 2.67. The van der Waals surface area contributed by atoms with E-state index < -0.39 is 0 Å². The Hall–Kier alpha value is -0.0800. The first-order valence-electron chi connectivity index (χ1n) is 5.36. The quantitative estimate of drug-likeness (QED) is 0.732. The van der Waals surface area contributed by atoms with E-state index in [1.54, 1.807) is 0 Å². The van der Waals surface area contributed by atoms with Crippen LogP contribution in [0.4, 0.5) is 0 Å². The Morgan fingerprint density at radius 2 is 2.15 bits per heavy atom. The van der Waals surface area contributed by atoms with E-state index in [9.17, 15) is 0 Å². The highest BCUT2D eigenvalue weighted by molar-refractivity contribution is 4.78. The molecule has 0 saturated carbocycles. The lowest BCUT2D eigenvalue weighted by atomic mass is 9.87. The number of hydrogen-bond donors (Lipinski definition) is 1. The van der Waals surface area contributed by atoms with Crippen molar-refractivity contribution in [2.45, 2.75) is 58.6 Å². The molecule has 13 heavy (non-hydrogen) atoms. The average molecular weight is 185 g/mol. The largest absolute Gasteiger partial charge is 0.377 e. The third-order valence-electron chi connectivity index (χ3n) is 2.67. The predicted molar refractivity (Wildman–Crippen MR) is 55.6 cm³/mol. The van der Waals surface area contributed by atoms with Crippen LogP contribution in [0.25, 0.3) is 0 Å². The zero-order valence-corrected chi connectivity index (χ0v) is 9.18. The Morgan fingerprint density at radius 1 is 1.46 bits per heavy atom. The van der Waals surface area contributed by atoms with Gasteiger partial charge in [-0.15, -0.1) is 0 Å². The summed E-state index contributed by atoms with van der Waals surface area (Å²) < 4.78 is 5.55. The van der Waals surface area contributed by atoms with Crippen molar-refractivity contribution in [3.63, 3.8) is 0 Å². The molecule has 0 bridgehead atoms. The smallest absolute Gasteiger partial charge is 0.0726 e. The van der Waals surface area contributed by atoms with Gasteiger partial charge in [-0.1, -0.05) is 20.8 Å². The number of hydrogen-bond acceptors (Lipinski definition) is 2. The van der Waals surface area contributed by atoms with E-state index in [1.807, 2.05) is 0 Å². The third kappa shape index (κ3) is 4.10. The molecule has 1 aliphatic heterocycles. The van der Waals surface area contributed by atoms with Gasteiger partial charge in [0.25, 0.3) is 0 Å². The van der Waals surface area contributed by atoms with Crippen molar-refractivity contribution in [3.05, 3.63) is 0 Å². The van der Waals surface area contributed by atoms with Gasteiger partial charge in [-0.2, -0.15) is 0 Å². The summed E-state index contributed by atoms with van der Waals surface area (Å²) in [6.45, 7) is 7.69. The zero-order chi connectivity index (χ0) is 9.90. The highest BCUT2D eigenvalue weighted by atomic mass is 16.5. The molecule has 2 heteroatoms. The molecule has 2 atom stereocenters. The van der Waals surface area contributed by atoms with E-state index in [-0.39, 0.29) is 6.04 Å². The standard InChI is InChI=1S/C11H23NO/c1-11(2,3)7-6-9(12)10-5-4-8-13-10/h9-10H,4-8,12H2,1-3H3. The average Bonchev–Trinajstić information content (AvgIpc) is 2.50. The van der Waals surface area contributed by atoms with Gasteiger partial charge in [0.2, 0.25) is 0 Å². The minimum atomic E-state index is 0.252. The van der Waals surface area contributed by atoms with Gasteiger partial charge < -0.3 is 10.5 Å². The molecule has 1 aliphatic rings. The number of ether oxygens (including phenoxy) is 1. The highest BCUT2D eigenvalue weighted by Gasteiger charge is 2.23. The molecule has 0 aromatic carbocycles. The van der Waals surface area contributed by atoms with Gasteiger partial charge in [0, 0.05) is 12.6 Å². The van der Waals surface area contributed by atoms with Crippen LogP contribution in [0.2, 0.25) is 0 Å². The van der Waals surface area contributed by atoms with E-state index in [4.69, 9.17) is 10.5 Å².